The molecular weight excluding hydrogens is 352 g/mol. The van der Waals surface area contributed by atoms with Gasteiger partial charge in [-0.1, -0.05) is 18.2 Å². The van der Waals surface area contributed by atoms with Crippen molar-refractivity contribution in [3.63, 3.8) is 0 Å². The highest BCUT2D eigenvalue weighted by Crippen LogP contribution is 2.46. The quantitative estimate of drug-likeness (QED) is 0.656. The number of benzene rings is 1. The van der Waals surface area contributed by atoms with Crippen molar-refractivity contribution < 1.29 is 14.2 Å². The molecule has 0 radical (unpaired) electrons. The fourth-order valence-electron chi connectivity index (χ4n) is 4.84. The minimum Gasteiger partial charge on any atom is -0.496 e. The third-order valence-corrected chi connectivity index (χ3v) is 6.23. The van der Waals surface area contributed by atoms with E-state index in [0.717, 1.165) is 77.6 Å². The minimum atomic E-state index is -0.102. The maximum atomic E-state index is 6.05. The Morgan fingerprint density at radius 2 is 1.89 bits per heavy atom. The van der Waals surface area contributed by atoms with E-state index in [1.165, 1.54) is 12.0 Å². The molecule has 1 aromatic carbocycles. The lowest BCUT2D eigenvalue weighted by Crippen LogP contribution is -2.45. The van der Waals surface area contributed by atoms with Gasteiger partial charge in [0.1, 0.15) is 5.75 Å². The standard InChI is InChI=1S/C23H38N2O3/c1-22(2)19-23(10-16-28-22,20-7-4-5-8-21(20)26-3)9-12-24-11-6-13-25-14-17-27-18-15-25/h4-5,7-8,24H,6,9-19H2,1-3H3. The smallest absolute Gasteiger partial charge is 0.122 e. The molecule has 1 unspecified atom stereocenters. The van der Waals surface area contributed by atoms with E-state index in [-0.39, 0.29) is 11.0 Å². The Balaban J connectivity index is 1.56. The zero-order valence-corrected chi connectivity index (χ0v) is 18.0. The summed E-state index contributed by atoms with van der Waals surface area (Å²) in [6.45, 7) is 12.4. The second kappa shape index (κ2) is 10.1. The lowest BCUT2D eigenvalue weighted by Gasteiger charge is -2.46. The van der Waals surface area contributed by atoms with Gasteiger partial charge in [-0.05, 0) is 65.2 Å². The lowest BCUT2D eigenvalue weighted by atomic mass is 9.67. The molecule has 0 amide bonds. The average molecular weight is 391 g/mol. The predicted molar refractivity (Wildman–Crippen MR) is 113 cm³/mol. The summed E-state index contributed by atoms with van der Waals surface area (Å²) in [5.41, 5.74) is 1.34. The molecule has 0 spiro atoms. The summed E-state index contributed by atoms with van der Waals surface area (Å²) < 4.78 is 17.2. The number of methoxy groups -OCH3 is 1. The van der Waals surface area contributed by atoms with Gasteiger partial charge in [-0.15, -0.1) is 0 Å². The van der Waals surface area contributed by atoms with Crippen molar-refractivity contribution in [3.8, 4) is 5.75 Å². The summed E-state index contributed by atoms with van der Waals surface area (Å²) in [6, 6.07) is 8.54. The topological polar surface area (TPSA) is 43.0 Å². The second-order valence-corrected chi connectivity index (χ2v) is 8.82. The van der Waals surface area contributed by atoms with Crippen molar-refractivity contribution in [2.75, 3.05) is 59.7 Å². The van der Waals surface area contributed by atoms with Gasteiger partial charge in [0.2, 0.25) is 0 Å². The molecule has 1 N–H and O–H groups in total. The highest BCUT2D eigenvalue weighted by Gasteiger charge is 2.43. The first kappa shape index (κ1) is 21.6. The Labute approximate surface area is 170 Å². The Kier molecular flexibility index (Phi) is 7.75. The monoisotopic (exact) mass is 390 g/mol. The maximum Gasteiger partial charge on any atom is 0.122 e. The number of hydrogen-bond donors (Lipinski definition) is 1. The number of rotatable bonds is 9. The Hall–Kier alpha value is -1.14. The zero-order valence-electron chi connectivity index (χ0n) is 18.0. The van der Waals surface area contributed by atoms with Crippen LogP contribution in [0.25, 0.3) is 0 Å². The van der Waals surface area contributed by atoms with Crippen LogP contribution in [0.5, 0.6) is 5.75 Å². The van der Waals surface area contributed by atoms with Crippen LogP contribution in [-0.4, -0.2) is 70.2 Å². The van der Waals surface area contributed by atoms with E-state index in [2.05, 4.69) is 48.3 Å². The van der Waals surface area contributed by atoms with Gasteiger partial charge in [0, 0.05) is 30.7 Å². The molecule has 0 bridgehead atoms. The highest BCUT2D eigenvalue weighted by molar-refractivity contribution is 5.40. The van der Waals surface area contributed by atoms with Crippen LogP contribution >= 0.6 is 0 Å². The first-order valence-corrected chi connectivity index (χ1v) is 10.8. The molecule has 2 aliphatic heterocycles. The van der Waals surface area contributed by atoms with Crippen LogP contribution in [0.1, 0.15) is 45.1 Å². The lowest BCUT2D eigenvalue weighted by molar-refractivity contribution is -0.0842. The summed E-state index contributed by atoms with van der Waals surface area (Å²) in [6.07, 6.45) is 4.37. The summed E-state index contributed by atoms with van der Waals surface area (Å²) >= 11 is 0. The van der Waals surface area contributed by atoms with Gasteiger partial charge in [-0.25, -0.2) is 0 Å². The molecule has 2 saturated heterocycles. The van der Waals surface area contributed by atoms with Crippen molar-refractivity contribution in [2.45, 2.75) is 50.5 Å². The van der Waals surface area contributed by atoms with E-state index >= 15 is 0 Å². The minimum absolute atomic E-state index is 0.102. The van der Waals surface area contributed by atoms with Crippen LogP contribution in [0.2, 0.25) is 0 Å². The third kappa shape index (κ3) is 5.69. The molecule has 28 heavy (non-hydrogen) atoms. The Morgan fingerprint density at radius 1 is 1.11 bits per heavy atom. The van der Waals surface area contributed by atoms with E-state index in [0.29, 0.717) is 0 Å². The molecule has 0 saturated carbocycles. The van der Waals surface area contributed by atoms with Crippen LogP contribution in [0.3, 0.4) is 0 Å². The van der Waals surface area contributed by atoms with Gasteiger partial charge < -0.3 is 19.5 Å². The van der Waals surface area contributed by atoms with Gasteiger partial charge in [0.15, 0.2) is 0 Å². The zero-order chi connectivity index (χ0) is 19.9. The molecule has 158 valence electrons. The maximum absolute atomic E-state index is 6.05. The fourth-order valence-corrected chi connectivity index (χ4v) is 4.84. The van der Waals surface area contributed by atoms with Crippen LogP contribution < -0.4 is 10.1 Å². The van der Waals surface area contributed by atoms with Crippen LogP contribution in [-0.2, 0) is 14.9 Å². The van der Waals surface area contributed by atoms with Crippen molar-refractivity contribution in [2.24, 2.45) is 0 Å². The SMILES string of the molecule is COc1ccccc1C1(CCNCCCN2CCOCC2)CCOC(C)(C)C1. The number of nitrogens with zero attached hydrogens (tertiary/aromatic N) is 1. The number of para-hydroxylation sites is 1. The second-order valence-electron chi connectivity index (χ2n) is 8.82. The van der Waals surface area contributed by atoms with Crippen LogP contribution in [0.4, 0.5) is 0 Å². The predicted octanol–water partition coefficient (Wildman–Crippen LogP) is 3.22. The van der Waals surface area contributed by atoms with Crippen molar-refractivity contribution >= 4 is 0 Å². The van der Waals surface area contributed by atoms with E-state index in [9.17, 15) is 0 Å². The molecule has 5 heteroatoms. The molecule has 5 nitrogen and oxygen atoms in total. The summed E-state index contributed by atoms with van der Waals surface area (Å²) in [7, 11) is 1.78. The molecule has 1 atom stereocenters. The van der Waals surface area contributed by atoms with E-state index in [1.807, 2.05) is 0 Å². The van der Waals surface area contributed by atoms with Gasteiger partial charge in [0.05, 0.1) is 25.9 Å². The number of nitrogens with one attached hydrogen (secondary N) is 1. The largest absolute Gasteiger partial charge is 0.496 e. The molecular formula is C23H38N2O3. The van der Waals surface area contributed by atoms with Gasteiger partial charge in [-0.2, -0.15) is 0 Å². The van der Waals surface area contributed by atoms with Crippen LogP contribution in [0.15, 0.2) is 24.3 Å². The van der Waals surface area contributed by atoms with Gasteiger partial charge in [-0.3, -0.25) is 4.90 Å². The van der Waals surface area contributed by atoms with Crippen LogP contribution in [0, 0.1) is 0 Å². The van der Waals surface area contributed by atoms with E-state index in [1.54, 1.807) is 7.11 Å². The molecule has 2 heterocycles. The van der Waals surface area contributed by atoms with Gasteiger partial charge in [0.25, 0.3) is 0 Å². The highest BCUT2D eigenvalue weighted by atomic mass is 16.5. The first-order valence-electron chi connectivity index (χ1n) is 10.8. The summed E-state index contributed by atoms with van der Waals surface area (Å²) in [5.74, 6) is 1.01. The van der Waals surface area contributed by atoms with Crippen molar-refractivity contribution in [1.82, 2.24) is 10.2 Å². The van der Waals surface area contributed by atoms with E-state index in [4.69, 9.17) is 14.2 Å². The first-order chi connectivity index (χ1) is 13.5. The van der Waals surface area contributed by atoms with Gasteiger partial charge >= 0.3 is 0 Å². The summed E-state index contributed by atoms with van der Waals surface area (Å²) in [5, 5.41) is 3.69. The summed E-state index contributed by atoms with van der Waals surface area (Å²) in [4.78, 5) is 2.50. The number of ether oxygens (including phenoxy) is 3. The number of hydrogen-bond acceptors (Lipinski definition) is 5. The molecule has 2 aliphatic rings. The third-order valence-electron chi connectivity index (χ3n) is 6.23. The molecule has 1 aromatic rings. The normalized spacial score (nSPS) is 25.5. The average Bonchev–Trinajstić information content (AvgIpc) is 2.70. The molecule has 2 fully saturated rings. The number of morpholine rings is 1. The van der Waals surface area contributed by atoms with E-state index < -0.39 is 0 Å². The Morgan fingerprint density at radius 3 is 2.64 bits per heavy atom. The van der Waals surface area contributed by atoms with Crippen molar-refractivity contribution in [1.29, 1.82) is 0 Å². The van der Waals surface area contributed by atoms with Crippen molar-refractivity contribution in [3.05, 3.63) is 29.8 Å². The fraction of sp³-hybridized carbons (Fsp3) is 0.739. The molecule has 3 rings (SSSR count). The molecule has 0 aliphatic carbocycles. The molecule has 0 aromatic heterocycles. The Bertz CT molecular complexity index is 601.